The summed E-state index contributed by atoms with van der Waals surface area (Å²) in [5, 5.41) is 0. The zero-order valence-corrected chi connectivity index (χ0v) is 6.52. The van der Waals surface area contributed by atoms with Crippen LogP contribution in [0.2, 0.25) is 0 Å². The van der Waals surface area contributed by atoms with E-state index in [1.165, 1.54) is 30.4 Å². The monoisotopic (exact) mass is 149 g/mol. The van der Waals surface area contributed by atoms with Gasteiger partial charge < -0.3 is 0 Å². The molecule has 0 nitrogen and oxygen atoms in total. The Labute approximate surface area is 66.1 Å². The molecule has 0 unspecified atom stereocenters. The van der Waals surface area contributed by atoms with Crippen LogP contribution in [0, 0.1) is 18.7 Å². The lowest BCUT2D eigenvalue weighted by Gasteiger charge is -2.01. The minimum atomic E-state index is -0.132. The Kier molecular flexibility index (Phi) is 1.45. The molecule has 1 heteroatoms. The minimum absolute atomic E-state index is 0.132. The van der Waals surface area contributed by atoms with Gasteiger partial charge in [-0.2, -0.15) is 0 Å². The van der Waals surface area contributed by atoms with Gasteiger partial charge in [0, 0.05) is 5.92 Å². The summed E-state index contributed by atoms with van der Waals surface area (Å²) in [6, 6.07) is 5.02. The van der Waals surface area contributed by atoms with E-state index in [1.54, 1.807) is 6.07 Å². The molecule has 0 spiro atoms. The van der Waals surface area contributed by atoms with E-state index in [9.17, 15) is 4.39 Å². The molecular weight excluding hydrogens is 139 g/mol. The second-order valence-corrected chi connectivity index (χ2v) is 3.06. The maximum absolute atomic E-state index is 12.6. The third-order valence-electron chi connectivity index (χ3n) is 2.07. The van der Waals surface area contributed by atoms with E-state index < -0.39 is 0 Å². The summed E-state index contributed by atoms with van der Waals surface area (Å²) in [5.74, 6) is 1.34. The van der Waals surface area contributed by atoms with Crippen molar-refractivity contribution in [3.05, 3.63) is 41.1 Å². The predicted octanol–water partition coefficient (Wildman–Crippen LogP) is 2.85. The summed E-state index contributed by atoms with van der Waals surface area (Å²) in [4.78, 5) is 0. The van der Waals surface area contributed by atoms with Crippen LogP contribution in [0.25, 0.3) is 0 Å². The Morgan fingerprint density at radius 1 is 1.27 bits per heavy atom. The van der Waals surface area contributed by atoms with Crippen LogP contribution in [-0.4, -0.2) is 0 Å². The molecule has 0 heterocycles. The molecule has 1 saturated carbocycles. The summed E-state index contributed by atoms with van der Waals surface area (Å²) in [6.07, 6.45) is 2.40. The third kappa shape index (κ3) is 1.28. The number of halogens is 1. The summed E-state index contributed by atoms with van der Waals surface area (Å²) >= 11 is 0. The van der Waals surface area contributed by atoms with Gasteiger partial charge in [0.25, 0.3) is 0 Å². The van der Waals surface area contributed by atoms with Gasteiger partial charge >= 0.3 is 0 Å². The van der Waals surface area contributed by atoms with Crippen LogP contribution in [0.15, 0.2) is 18.2 Å². The molecule has 0 saturated heterocycles. The number of hydrogen-bond donors (Lipinski definition) is 0. The Morgan fingerprint density at radius 2 is 2.00 bits per heavy atom. The van der Waals surface area contributed by atoms with Gasteiger partial charge in [0.05, 0.1) is 0 Å². The molecule has 1 aliphatic rings. The summed E-state index contributed by atoms with van der Waals surface area (Å²) < 4.78 is 12.6. The Hall–Kier alpha value is -0.850. The number of rotatable bonds is 1. The maximum atomic E-state index is 12.6. The first-order chi connectivity index (χ1) is 5.27. The van der Waals surface area contributed by atoms with Crippen LogP contribution >= 0.6 is 0 Å². The second-order valence-electron chi connectivity index (χ2n) is 3.06. The fourth-order valence-electron chi connectivity index (χ4n) is 1.36. The molecule has 1 aliphatic carbocycles. The molecule has 0 bridgehead atoms. The lowest BCUT2D eigenvalue weighted by molar-refractivity contribution is 0.626. The largest absolute Gasteiger partial charge is 0.207 e. The van der Waals surface area contributed by atoms with Crippen LogP contribution in [0.4, 0.5) is 4.39 Å². The van der Waals surface area contributed by atoms with Crippen molar-refractivity contribution in [2.45, 2.75) is 19.8 Å². The molecule has 0 N–H and O–H groups in total. The molecule has 1 aromatic rings. The Morgan fingerprint density at radius 3 is 2.55 bits per heavy atom. The SMILES string of the molecule is Cc1cc(F)ccc1[C]1CC1. The van der Waals surface area contributed by atoms with Crippen LogP contribution in [0.1, 0.15) is 24.0 Å². The van der Waals surface area contributed by atoms with E-state index >= 15 is 0 Å². The van der Waals surface area contributed by atoms with Crippen molar-refractivity contribution < 1.29 is 4.39 Å². The predicted molar refractivity (Wildman–Crippen MR) is 42.7 cm³/mol. The van der Waals surface area contributed by atoms with E-state index in [1.807, 2.05) is 13.0 Å². The number of aryl methyl sites for hydroxylation is 1. The second kappa shape index (κ2) is 2.33. The standard InChI is InChI=1S/C10H10F/c1-7-6-9(11)4-5-10(7)8-2-3-8/h4-6H,2-3H2,1H3. The van der Waals surface area contributed by atoms with Gasteiger partial charge in [-0.25, -0.2) is 4.39 Å². The Balaban J connectivity index is 2.39. The highest BCUT2D eigenvalue weighted by Gasteiger charge is 2.25. The lowest BCUT2D eigenvalue weighted by Crippen LogP contribution is -1.86. The molecule has 1 radical (unpaired) electrons. The fraction of sp³-hybridized carbons (Fsp3) is 0.300. The summed E-state index contributed by atoms with van der Waals surface area (Å²) in [7, 11) is 0. The molecule has 1 fully saturated rings. The zero-order chi connectivity index (χ0) is 7.84. The lowest BCUT2D eigenvalue weighted by atomic mass is 10.0. The average Bonchev–Trinajstić information content (AvgIpc) is 2.70. The van der Waals surface area contributed by atoms with E-state index in [0.717, 1.165) is 5.56 Å². The van der Waals surface area contributed by atoms with Crippen molar-refractivity contribution in [2.24, 2.45) is 0 Å². The average molecular weight is 149 g/mol. The highest BCUT2D eigenvalue weighted by atomic mass is 19.1. The zero-order valence-electron chi connectivity index (χ0n) is 6.52. The Bertz CT molecular complexity index is 274. The van der Waals surface area contributed by atoms with Crippen LogP contribution in [0.5, 0.6) is 0 Å². The molecule has 0 aliphatic heterocycles. The van der Waals surface area contributed by atoms with E-state index in [-0.39, 0.29) is 5.82 Å². The van der Waals surface area contributed by atoms with Crippen molar-refractivity contribution in [1.29, 1.82) is 0 Å². The van der Waals surface area contributed by atoms with Gasteiger partial charge in [-0.3, -0.25) is 0 Å². The van der Waals surface area contributed by atoms with Crippen molar-refractivity contribution >= 4 is 0 Å². The van der Waals surface area contributed by atoms with Crippen molar-refractivity contribution in [1.82, 2.24) is 0 Å². The molecule has 0 aromatic heterocycles. The van der Waals surface area contributed by atoms with E-state index in [2.05, 4.69) is 0 Å². The first-order valence-corrected chi connectivity index (χ1v) is 3.88. The van der Waals surface area contributed by atoms with Gasteiger partial charge in [-0.1, -0.05) is 6.07 Å². The van der Waals surface area contributed by atoms with Crippen LogP contribution in [0.3, 0.4) is 0 Å². The molecule has 57 valence electrons. The quantitative estimate of drug-likeness (QED) is 0.576. The van der Waals surface area contributed by atoms with Gasteiger partial charge in [0.2, 0.25) is 0 Å². The first kappa shape index (κ1) is 6.84. The number of hydrogen-bond acceptors (Lipinski definition) is 0. The molecule has 2 rings (SSSR count). The normalized spacial score (nSPS) is 16.9. The highest BCUT2D eigenvalue weighted by Crippen LogP contribution is 2.40. The molecule has 1 aromatic carbocycles. The van der Waals surface area contributed by atoms with Gasteiger partial charge in [-0.15, -0.1) is 0 Å². The van der Waals surface area contributed by atoms with Crippen LogP contribution < -0.4 is 0 Å². The van der Waals surface area contributed by atoms with Gasteiger partial charge in [-0.05, 0) is 43.0 Å². The topological polar surface area (TPSA) is 0 Å². The molecule has 0 amide bonds. The highest BCUT2D eigenvalue weighted by molar-refractivity contribution is 5.42. The summed E-state index contributed by atoms with van der Waals surface area (Å²) in [5.41, 5.74) is 2.32. The maximum Gasteiger partial charge on any atom is 0.123 e. The van der Waals surface area contributed by atoms with Gasteiger partial charge in [0.1, 0.15) is 5.82 Å². The minimum Gasteiger partial charge on any atom is -0.207 e. The smallest absolute Gasteiger partial charge is 0.123 e. The number of benzene rings is 1. The molecule has 0 atom stereocenters. The van der Waals surface area contributed by atoms with Crippen molar-refractivity contribution in [2.75, 3.05) is 0 Å². The summed E-state index contributed by atoms with van der Waals surface area (Å²) in [6.45, 7) is 1.96. The molecule has 11 heavy (non-hydrogen) atoms. The van der Waals surface area contributed by atoms with Crippen LogP contribution in [-0.2, 0) is 0 Å². The third-order valence-corrected chi connectivity index (χ3v) is 2.07. The fourth-order valence-corrected chi connectivity index (χ4v) is 1.36. The first-order valence-electron chi connectivity index (χ1n) is 3.88. The van der Waals surface area contributed by atoms with E-state index in [4.69, 9.17) is 0 Å². The van der Waals surface area contributed by atoms with Crippen molar-refractivity contribution in [3.8, 4) is 0 Å². The molecular formula is C10H10F. The van der Waals surface area contributed by atoms with Crippen molar-refractivity contribution in [3.63, 3.8) is 0 Å². The van der Waals surface area contributed by atoms with E-state index in [0.29, 0.717) is 0 Å². The van der Waals surface area contributed by atoms with Gasteiger partial charge in [0.15, 0.2) is 0 Å².